The summed E-state index contributed by atoms with van der Waals surface area (Å²) >= 11 is 1.71. The average Bonchev–Trinajstić information content (AvgIpc) is 2.87. The molecule has 0 amide bonds. The van der Waals surface area contributed by atoms with Crippen LogP contribution in [0.3, 0.4) is 0 Å². The number of carboxylic acids is 1. The Bertz CT molecular complexity index is 654. The Morgan fingerprint density at radius 2 is 1.95 bits per heavy atom. The van der Waals surface area contributed by atoms with Crippen LogP contribution in [0.15, 0.2) is 53.4 Å². The molecule has 1 aliphatic heterocycles. The highest BCUT2D eigenvalue weighted by molar-refractivity contribution is 7.98. The van der Waals surface area contributed by atoms with E-state index in [0.717, 1.165) is 16.8 Å². The van der Waals surface area contributed by atoms with Crippen molar-refractivity contribution in [3.63, 3.8) is 0 Å². The molecule has 2 aromatic carbocycles. The molecule has 1 aliphatic rings. The van der Waals surface area contributed by atoms with Crippen molar-refractivity contribution >= 4 is 23.4 Å². The van der Waals surface area contributed by atoms with Crippen LogP contribution in [-0.2, 0) is 17.8 Å². The Hall–Kier alpha value is -1.94. The molecule has 0 radical (unpaired) electrons. The number of hydrogen-bond acceptors (Lipinski definition) is 3. The summed E-state index contributed by atoms with van der Waals surface area (Å²) in [5.74, 6) is -0.757. The summed E-state index contributed by atoms with van der Waals surface area (Å²) in [5, 5.41) is 9.47. The molecule has 0 saturated heterocycles. The Labute approximate surface area is 128 Å². The second-order valence-electron chi connectivity index (χ2n) is 5.16. The number of nitrogens with zero attached hydrogens (tertiary/aromatic N) is 1. The van der Waals surface area contributed by atoms with Crippen LogP contribution in [0.1, 0.15) is 11.1 Å². The molecule has 3 rings (SSSR count). The lowest BCUT2D eigenvalue weighted by Gasteiger charge is -2.25. The second-order valence-corrected chi connectivity index (χ2v) is 6.04. The Morgan fingerprint density at radius 1 is 1.24 bits per heavy atom. The lowest BCUT2D eigenvalue weighted by molar-refractivity contribution is -0.138. The van der Waals surface area contributed by atoms with Crippen molar-refractivity contribution in [2.75, 3.05) is 11.2 Å². The molecule has 2 aromatic rings. The highest BCUT2D eigenvalue weighted by Gasteiger charge is 2.33. The van der Waals surface area contributed by atoms with Crippen LogP contribution in [0.5, 0.6) is 0 Å². The van der Waals surface area contributed by atoms with E-state index in [2.05, 4.69) is 24.3 Å². The number of benzene rings is 2. The number of carbonyl (C=O) groups is 1. The van der Waals surface area contributed by atoms with E-state index in [1.54, 1.807) is 11.8 Å². The number of thioether (sulfide) groups is 1. The van der Waals surface area contributed by atoms with Gasteiger partial charge in [0.05, 0.1) is 0 Å². The van der Waals surface area contributed by atoms with Crippen LogP contribution in [0.4, 0.5) is 5.69 Å². The van der Waals surface area contributed by atoms with Crippen molar-refractivity contribution in [1.29, 1.82) is 0 Å². The van der Waals surface area contributed by atoms with Gasteiger partial charge < -0.3 is 10.0 Å². The number of aliphatic carboxylic acids is 1. The minimum atomic E-state index is -0.757. The maximum absolute atomic E-state index is 11.5. The second kappa shape index (κ2) is 5.82. The molecular formula is C17H17NO2S. The number of rotatable bonds is 4. The molecule has 0 bridgehead atoms. The van der Waals surface area contributed by atoms with Crippen LogP contribution >= 0.6 is 11.8 Å². The smallest absolute Gasteiger partial charge is 0.326 e. The zero-order valence-electron chi connectivity index (χ0n) is 11.8. The molecule has 1 atom stereocenters. The van der Waals surface area contributed by atoms with E-state index in [0.29, 0.717) is 13.0 Å². The Balaban J connectivity index is 1.88. The molecule has 0 saturated carbocycles. The highest BCUT2D eigenvalue weighted by atomic mass is 32.2. The van der Waals surface area contributed by atoms with Crippen molar-refractivity contribution in [2.45, 2.75) is 23.9 Å². The first-order valence-electron chi connectivity index (χ1n) is 6.89. The molecule has 3 nitrogen and oxygen atoms in total. The quantitative estimate of drug-likeness (QED) is 0.878. The van der Waals surface area contributed by atoms with Crippen LogP contribution < -0.4 is 4.90 Å². The Kier molecular flexibility index (Phi) is 3.88. The van der Waals surface area contributed by atoms with E-state index >= 15 is 0 Å². The van der Waals surface area contributed by atoms with Gasteiger partial charge in [0, 0.05) is 23.5 Å². The molecular weight excluding hydrogens is 282 g/mol. The van der Waals surface area contributed by atoms with Gasteiger partial charge in [0.15, 0.2) is 0 Å². The maximum atomic E-state index is 11.5. The lowest BCUT2D eigenvalue weighted by atomic mass is 10.1. The minimum Gasteiger partial charge on any atom is -0.480 e. The van der Waals surface area contributed by atoms with Crippen molar-refractivity contribution in [1.82, 2.24) is 0 Å². The molecule has 1 unspecified atom stereocenters. The third-order valence-corrected chi connectivity index (χ3v) is 4.63. The van der Waals surface area contributed by atoms with Gasteiger partial charge in [-0.1, -0.05) is 30.3 Å². The van der Waals surface area contributed by atoms with Gasteiger partial charge in [-0.15, -0.1) is 11.8 Å². The average molecular weight is 299 g/mol. The number of para-hydroxylation sites is 1. The predicted octanol–water partition coefficient (Wildman–Crippen LogP) is 3.42. The van der Waals surface area contributed by atoms with Crippen LogP contribution in [0.2, 0.25) is 0 Å². The summed E-state index contributed by atoms with van der Waals surface area (Å²) in [7, 11) is 0. The number of anilines is 1. The predicted molar refractivity (Wildman–Crippen MR) is 86.0 cm³/mol. The van der Waals surface area contributed by atoms with Gasteiger partial charge >= 0.3 is 5.97 Å². The van der Waals surface area contributed by atoms with E-state index < -0.39 is 12.0 Å². The molecule has 0 aliphatic carbocycles. The van der Waals surface area contributed by atoms with E-state index in [1.807, 2.05) is 35.4 Å². The summed E-state index contributed by atoms with van der Waals surface area (Å²) in [6.07, 6.45) is 2.63. The summed E-state index contributed by atoms with van der Waals surface area (Å²) in [6, 6.07) is 15.8. The van der Waals surface area contributed by atoms with E-state index in [1.165, 1.54) is 4.90 Å². The van der Waals surface area contributed by atoms with E-state index in [4.69, 9.17) is 0 Å². The number of hydrogen-bond donors (Lipinski definition) is 1. The molecule has 0 fully saturated rings. The molecule has 0 spiro atoms. The highest BCUT2D eigenvalue weighted by Crippen LogP contribution is 2.33. The molecule has 1 heterocycles. The first-order chi connectivity index (χ1) is 10.2. The van der Waals surface area contributed by atoms with E-state index in [9.17, 15) is 9.90 Å². The standard InChI is InChI=1S/C17H17NO2S/c1-21-14-8-6-12(7-9-14)11-18-15-5-3-2-4-13(15)10-16(18)17(19)20/h2-9,16H,10-11H2,1H3,(H,19,20). The zero-order valence-corrected chi connectivity index (χ0v) is 12.6. The molecule has 1 N–H and O–H groups in total. The molecule has 21 heavy (non-hydrogen) atoms. The summed E-state index contributed by atoms with van der Waals surface area (Å²) < 4.78 is 0. The van der Waals surface area contributed by atoms with Gasteiger partial charge in [-0.2, -0.15) is 0 Å². The zero-order chi connectivity index (χ0) is 14.8. The third-order valence-electron chi connectivity index (χ3n) is 3.89. The van der Waals surface area contributed by atoms with Gasteiger partial charge in [-0.05, 0) is 35.6 Å². The van der Waals surface area contributed by atoms with Gasteiger partial charge in [0.2, 0.25) is 0 Å². The topological polar surface area (TPSA) is 40.5 Å². The van der Waals surface area contributed by atoms with Gasteiger partial charge in [0.25, 0.3) is 0 Å². The van der Waals surface area contributed by atoms with Gasteiger partial charge in [0.1, 0.15) is 6.04 Å². The summed E-state index contributed by atoms with van der Waals surface area (Å²) in [4.78, 5) is 14.7. The van der Waals surface area contributed by atoms with Crippen molar-refractivity contribution < 1.29 is 9.90 Å². The molecule has 108 valence electrons. The monoisotopic (exact) mass is 299 g/mol. The Morgan fingerprint density at radius 3 is 2.62 bits per heavy atom. The fraction of sp³-hybridized carbons (Fsp3) is 0.235. The lowest BCUT2D eigenvalue weighted by Crippen LogP contribution is -2.38. The van der Waals surface area contributed by atoms with Crippen molar-refractivity contribution in [3.8, 4) is 0 Å². The van der Waals surface area contributed by atoms with Crippen LogP contribution in [0, 0.1) is 0 Å². The van der Waals surface area contributed by atoms with E-state index in [-0.39, 0.29) is 0 Å². The van der Waals surface area contributed by atoms with Crippen molar-refractivity contribution in [3.05, 3.63) is 59.7 Å². The van der Waals surface area contributed by atoms with Crippen LogP contribution in [0.25, 0.3) is 0 Å². The fourth-order valence-corrected chi connectivity index (χ4v) is 3.20. The summed E-state index contributed by atoms with van der Waals surface area (Å²) in [6.45, 7) is 0.628. The first-order valence-corrected chi connectivity index (χ1v) is 8.12. The van der Waals surface area contributed by atoms with Crippen LogP contribution in [-0.4, -0.2) is 23.4 Å². The van der Waals surface area contributed by atoms with Crippen molar-refractivity contribution in [2.24, 2.45) is 0 Å². The first kappa shape index (κ1) is 14.0. The number of carboxylic acid groups (broad SMARTS) is 1. The number of fused-ring (bicyclic) bond motifs is 1. The minimum absolute atomic E-state index is 0.470. The fourth-order valence-electron chi connectivity index (χ4n) is 2.79. The normalized spacial score (nSPS) is 16.8. The van der Waals surface area contributed by atoms with Gasteiger partial charge in [-0.3, -0.25) is 0 Å². The molecule has 4 heteroatoms. The molecule has 0 aromatic heterocycles. The van der Waals surface area contributed by atoms with Gasteiger partial charge in [-0.25, -0.2) is 4.79 Å². The largest absolute Gasteiger partial charge is 0.480 e. The maximum Gasteiger partial charge on any atom is 0.326 e. The summed E-state index contributed by atoms with van der Waals surface area (Å²) in [5.41, 5.74) is 3.29. The third kappa shape index (κ3) is 2.76. The SMILES string of the molecule is CSc1ccc(CN2c3ccccc3CC2C(=O)O)cc1.